The summed E-state index contributed by atoms with van der Waals surface area (Å²) >= 11 is 0. The highest BCUT2D eigenvalue weighted by molar-refractivity contribution is 7.98. The highest BCUT2D eigenvalue weighted by Gasteiger charge is 2.42. The summed E-state index contributed by atoms with van der Waals surface area (Å²) in [6, 6.07) is 132. The Bertz CT molecular complexity index is 5370. The lowest BCUT2D eigenvalue weighted by atomic mass is 10.2. The molecule has 0 atom stereocenters. The van der Waals surface area contributed by atoms with Crippen LogP contribution in [-0.2, 0) is 32.7 Å². The van der Waals surface area contributed by atoms with Gasteiger partial charge in [-0.2, -0.15) is 0 Å². The lowest BCUT2D eigenvalue weighted by molar-refractivity contribution is 0.452. The van der Waals surface area contributed by atoms with Gasteiger partial charge in [0.1, 0.15) is 38.4 Å². The molecule has 0 fully saturated rings. The zero-order chi connectivity index (χ0) is 68.0. The van der Waals surface area contributed by atoms with Crippen LogP contribution in [0.2, 0.25) is 0 Å². The van der Waals surface area contributed by atoms with E-state index in [0.717, 1.165) is 34.5 Å². The second kappa shape index (κ2) is 29.4. The molecule has 0 saturated carbocycles. The van der Waals surface area contributed by atoms with Crippen molar-refractivity contribution in [1.29, 1.82) is 0 Å². The van der Waals surface area contributed by atoms with Gasteiger partial charge in [0, 0.05) is 42.5 Å². The molecule has 1 N–H and O–H groups in total. The van der Waals surface area contributed by atoms with Crippen molar-refractivity contribution in [2.45, 2.75) is 57.9 Å². The number of phenols is 1. The average molecular weight is 1400 g/mol. The Morgan fingerprint density at radius 1 is 0.198 bits per heavy atom. The first-order valence-corrected chi connectivity index (χ1v) is 39.7. The molecule has 0 aliphatic carbocycles. The summed E-state index contributed by atoms with van der Waals surface area (Å²) in [4.78, 5) is 14.1. The molecule has 0 bridgehead atoms. The van der Waals surface area contributed by atoms with E-state index in [-0.39, 0.29) is 59.4 Å². The third-order valence-corrected chi connectivity index (χ3v) is 29.2. The molecule has 0 spiro atoms. The van der Waals surface area contributed by atoms with Gasteiger partial charge in [0.2, 0.25) is 29.4 Å². The fourth-order valence-electron chi connectivity index (χ4n) is 12.9. The maximum atomic E-state index is 9.52. The molecular weight excluding hydrogens is 1330 g/mol. The van der Waals surface area contributed by atoms with Crippen molar-refractivity contribution in [2.24, 2.45) is 0 Å². The minimum Gasteiger partial charge on any atom is -0.508 e. The minimum absolute atomic E-state index is 0.0512. The smallest absolute Gasteiger partial charge is 0.209 e. The van der Waals surface area contributed by atoms with Gasteiger partial charge in [0.05, 0.1) is 0 Å². The van der Waals surface area contributed by atoms with E-state index in [1.807, 2.05) is 84.9 Å². The molecule has 0 saturated heterocycles. The lowest BCUT2D eigenvalue weighted by Gasteiger charge is -2.19. The maximum Gasteiger partial charge on any atom is 0.209 e. The number of benzene rings is 15. The lowest BCUT2D eigenvalue weighted by Crippen LogP contribution is -2.12. The van der Waals surface area contributed by atoms with Crippen LogP contribution in [0, 0.1) is 13.8 Å². The first-order valence-electron chi connectivity index (χ1n) is 33.6. The van der Waals surface area contributed by atoms with Gasteiger partial charge in [-0.1, -0.05) is 193 Å². The van der Waals surface area contributed by atoms with E-state index in [4.69, 9.17) is 14.2 Å². The van der Waals surface area contributed by atoms with Crippen LogP contribution in [0.1, 0.15) is 11.1 Å². The summed E-state index contributed by atoms with van der Waals surface area (Å²) < 4.78 is 23.9. The second-order valence-electron chi connectivity index (χ2n) is 24.2. The Kier molecular flexibility index (Phi) is 18.8. The van der Waals surface area contributed by atoms with Gasteiger partial charge in [-0.25, -0.2) is 0 Å². The number of para-hydroxylation sites is 6. The van der Waals surface area contributed by atoms with Crippen LogP contribution in [0.25, 0.3) is 50.1 Å². The van der Waals surface area contributed by atoms with E-state index >= 15 is 0 Å². The molecule has 3 aliphatic heterocycles. The van der Waals surface area contributed by atoms with Crippen molar-refractivity contribution in [1.82, 2.24) is 0 Å². The fraction of sp³-hybridized carbons (Fsp3) is 0.0217. The summed E-state index contributed by atoms with van der Waals surface area (Å²) in [5.41, 5.74) is 2.61. The SMILES string of the molecule is Cc1ccc(-[s+]2c3ccccc3c3ccccc32)cc1.Cc1ccc([S+]2c3ccccc3Oc3ccccc32)cc1.Oc1ccc([S+]2c3ccccc3Oc3ccccc32)cc1.c1ccc(-[s+]2c3ccccc3c3ccccc32)cc1.c1ccc([S+]2c3ccccc3Oc3ccccc32)cc1. The third-order valence-electron chi connectivity index (χ3n) is 17.6. The topological polar surface area (TPSA) is 47.9 Å². The van der Waals surface area contributed by atoms with Crippen LogP contribution in [0.3, 0.4) is 0 Å². The predicted molar refractivity (Wildman–Crippen MR) is 426 cm³/mol. The summed E-state index contributed by atoms with van der Waals surface area (Å²) in [6.45, 7) is 4.27. The largest absolute Gasteiger partial charge is 0.508 e. The molecule has 15 aromatic carbocycles. The van der Waals surface area contributed by atoms with Crippen molar-refractivity contribution in [3.63, 3.8) is 0 Å². The second-order valence-corrected chi connectivity index (χ2v) is 34.1. The number of hydrogen-bond acceptors (Lipinski definition) is 4. The van der Waals surface area contributed by atoms with Crippen molar-refractivity contribution in [3.8, 4) is 50.0 Å². The number of hydrogen-bond donors (Lipinski definition) is 1. The zero-order valence-corrected chi connectivity index (χ0v) is 59.6. The van der Waals surface area contributed by atoms with Crippen LogP contribution < -0.4 is 14.2 Å². The van der Waals surface area contributed by atoms with Crippen LogP contribution in [-0.4, -0.2) is 5.11 Å². The first kappa shape index (κ1) is 64.7. The number of phenolic OH excluding ortho intramolecular Hbond substituents is 1. The number of thiophene rings is 2. The standard InChI is InChI=1S/C19H15OS.C19H15S.C18H12O2S.C18H13OS.C18H13S/c1-14-10-12-15(13-11-14)21-18-8-4-2-6-16(18)20-17-7-3-5-9-19(17)21;1-14-10-12-15(13-11-14)20-18-8-4-2-6-16(18)17-7-3-5-9-19(17)20;19-13-9-11-14(12-10-13)21-17-7-3-1-5-15(17)20-16-6-2-4-8-18(16)21;1-2-8-14(9-3-1)20-17-12-6-4-10-15(17)19-16-11-5-7-13-18(16)20;1-2-8-14(9-3-1)19-17-12-6-4-10-15(17)16-11-5-7-13-18(16)19/h2-13H,1H3;2-13H,1H3;1-12H;1-13H;1-13H/q2*+1;;2*+1/p+1. The van der Waals surface area contributed by atoms with Gasteiger partial charge >= 0.3 is 0 Å². The van der Waals surface area contributed by atoms with Crippen molar-refractivity contribution in [2.75, 3.05) is 0 Å². The van der Waals surface area contributed by atoms with Crippen LogP contribution in [0.4, 0.5) is 0 Å². The number of rotatable bonds is 5. The van der Waals surface area contributed by atoms with E-state index in [1.54, 1.807) is 12.1 Å². The average Bonchev–Trinajstić information content (AvgIpc) is 1.71. The van der Waals surface area contributed by atoms with Gasteiger partial charge in [-0.3, -0.25) is 0 Å². The van der Waals surface area contributed by atoms with E-state index < -0.39 is 0 Å². The summed E-state index contributed by atoms with van der Waals surface area (Å²) in [5.74, 6) is 5.99. The van der Waals surface area contributed by atoms with Crippen LogP contribution >= 0.6 is 20.9 Å². The molecule has 5 heterocycles. The van der Waals surface area contributed by atoms with Gasteiger partial charge in [0.15, 0.2) is 77.8 Å². The summed E-state index contributed by atoms with van der Waals surface area (Å²) in [6.07, 6.45) is 0. The number of ether oxygens (including phenoxy) is 3. The van der Waals surface area contributed by atoms with E-state index in [1.165, 1.54) is 105 Å². The number of aromatic hydroxyl groups is 1. The normalized spacial score (nSPS) is 12.4. The third kappa shape index (κ3) is 13.3. The zero-order valence-electron chi connectivity index (χ0n) is 55.5. The van der Waals surface area contributed by atoms with Crippen molar-refractivity contribution in [3.05, 3.63) is 387 Å². The van der Waals surface area contributed by atoms with Gasteiger partial charge in [0.25, 0.3) is 0 Å². The van der Waals surface area contributed by atoms with E-state index in [2.05, 4.69) is 293 Å². The molecule has 486 valence electrons. The number of fused-ring (bicyclic) bond motifs is 12. The van der Waals surface area contributed by atoms with Crippen molar-refractivity contribution >= 4 is 94.0 Å². The Morgan fingerprint density at radius 2 is 0.406 bits per heavy atom. The molecule has 2 aromatic heterocycles. The predicted octanol–water partition coefficient (Wildman–Crippen LogP) is 26.4. The minimum atomic E-state index is -0.202. The highest BCUT2D eigenvalue weighted by atomic mass is 32.2. The van der Waals surface area contributed by atoms with E-state index in [0.29, 0.717) is 0 Å². The molecule has 0 radical (unpaired) electrons. The van der Waals surface area contributed by atoms with Crippen LogP contribution in [0.15, 0.2) is 420 Å². The van der Waals surface area contributed by atoms with Gasteiger partial charge in [-0.05, 0) is 208 Å². The molecule has 101 heavy (non-hydrogen) atoms. The highest BCUT2D eigenvalue weighted by Crippen LogP contribution is 2.52. The van der Waals surface area contributed by atoms with Crippen LogP contribution in [0.5, 0.6) is 40.2 Å². The molecule has 17 aromatic rings. The van der Waals surface area contributed by atoms with Gasteiger partial charge < -0.3 is 19.3 Å². The summed E-state index contributed by atoms with van der Waals surface area (Å²) in [5, 5.41) is 15.1. The van der Waals surface area contributed by atoms with E-state index in [9.17, 15) is 5.11 Å². The number of aryl methyl sites for hydroxylation is 2. The quantitative estimate of drug-likeness (QED) is 0.175. The fourth-order valence-corrected chi connectivity index (χ4v) is 24.4. The summed E-state index contributed by atoms with van der Waals surface area (Å²) in [7, 11) is -0.266. The first-order chi connectivity index (χ1) is 49.9. The Morgan fingerprint density at radius 3 is 0.703 bits per heavy atom. The molecule has 9 heteroatoms. The monoisotopic (exact) mass is 1400 g/mol. The Hall–Kier alpha value is -11.0. The molecule has 0 unspecified atom stereocenters. The maximum absolute atomic E-state index is 9.52. The molecular formula is C92H69O4S5+5. The molecule has 4 nitrogen and oxygen atoms in total. The Balaban J connectivity index is 0.0000000980. The van der Waals surface area contributed by atoms with Crippen molar-refractivity contribution < 1.29 is 19.3 Å². The molecule has 3 aliphatic rings. The molecule has 20 rings (SSSR count). The molecule has 0 amide bonds. The Labute approximate surface area is 603 Å². The van der Waals surface area contributed by atoms with Gasteiger partial charge in [-0.15, -0.1) is 0 Å².